The fraction of sp³-hybridized carbons (Fsp3) is 0.433. The van der Waals surface area contributed by atoms with Crippen molar-refractivity contribution >= 4 is 57.7 Å². The molecule has 0 radical (unpaired) electrons. The number of ether oxygens (including phenoxy) is 3. The van der Waals surface area contributed by atoms with Crippen LogP contribution in [-0.2, 0) is 14.2 Å². The number of rotatable bonds is 33. The summed E-state index contributed by atoms with van der Waals surface area (Å²) in [6, 6.07) is 30.2. The number of aliphatic imine (C=N–C) groups is 1. The molecule has 1 unspecified atom stereocenters. The summed E-state index contributed by atoms with van der Waals surface area (Å²) >= 11 is 12.6. The van der Waals surface area contributed by atoms with Gasteiger partial charge in [-0.2, -0.15) is 0 Å². The fourth-order valence-electron chi connectivity index (χ4n) is 10.3. The highest BCUT2D eigenvalue weighted by molar-refractivity contribution is 6.32. The summed E-state index contributed by atoms with van der Waals surface area (Å²) in [7, 11) is 2.14. The molecule has 5 aromatic rings. The van der Waals surface area contributed by atoms with Crippen molar-refractivity contribution in [3.05, 3.63) is 164 Å². The van der Waals surface area contributed by atoms with Gasteiger partial charge >= 0.3 is 0 Å². The van der Waals surface area contributed by atoms with Crippen molar-refractivity contribution in [3.8, 4) is 0 Å². The number of pyridine rings is 1. The lowest BCUT2D eigenvalue weighted by molar-refractivity contribution is 0.0128. The third kappa shape index (κ3) is 17.9. The average Bonchev–Trinajstić information content (AvgIpc) is 3.44. The Morgan fingerprint density at radius 3 is 2.06 bits per heavy atom. The van der Waals surface area contributed by atoms with E-state index in [1.807, 2.05) is 30.3 Å². The van der Waals surface area contributed by atoms with Crippen LogP contribution in [0.5, 0.6) is 0 Å². The number of nitrogens with zero attached hydrogens (tertiary/aromatic N) is 6. The summed E-state index contributed by atoms with van der Waals surface area (Å²) in [5, 5.41) is 20.4. The van der Waals surface area contributed by atoms with E-state index < -0.39 is 0 Å². The molecule has 4 aromatic carbocycles. The number of hydrazine groups is 1. The number of benzene rings is 4. The number of allylic oxidation sites excluding steroid dienone is 1. The average molecular weight is 1150 g/mol. The molecule has 8 rings (SSSR count). The minimum atomic E-state index is -0.236. The lowest BCUT2D eigenvalue weighted by Gasteiger charge is -2.41. The SMILES string of the molecule is CN(CCCN=C1NC(CN2CCN(C(c3ccc(Cl)cc3)c3ccc(Cl)cc3)CC2)Nc2ccccc21)CCC/C(N)=C/N(N)CCOCCOCCOCCNCCNc1ccc(NCCN)c2c1C(=O)c1ccncc1C2=O. The van der Waals surface area contributed by atoms with Crippen LogP contribution in [-0.4, -0.2) is 187 Å². The number of fused-ring (bicyclic) bond motifs is 3. The molecule has 1 aliphatic carbocycles. The Balaban J connectivity index is 0.635. The molecular weight excluding hydrogens is 1070 g/mol. The van der Waals surface area contributed by atoms with Crippen molar-refractivity contribution in [1.29, 1.82) is 0 Å². The van der Waals surface area contributed by atoms with E-state index in [1.54, 1.807) is 23.3 Å². The van der Waals surface area contributed by atoms with Crippen molar-refractivity contribution in [3.63, 3.8) is 0 Å². The van der Waals surface area contributed by atoms with E-state index in [2.05, 4.69) is 102 Å². The molecule has 81 heavy (non-hydrogen) atoms. The maximum Gasteiger partial charge on any atom is 0.198 e. The molecule has 0 amide bonds. The summed E-state index contributed by atoms with van der Waals surface area (Å²) < 4.78 is 17.1. The molecule has 2 aliphatic heterocycles. The number of piperazine rings is 1. The van der Waals surface area contributed by atoms with E-state index in [0.29, 0.717) is 113 Å². The summed E-state index contributed by atoms with van der Waals surface area (Å²) in [5.41, 5.74) is 20.0. The zero-order chi connectivity index (χ0) is 56.8. The van der Waals surface area contributed by atoms with Gasteiger partial charge in [0.2, 0.25) is 0 Å². The van der Waals surface area contributed by atoms with Crippen LogP contribution in [0.3, 0.4) is 0 Å². The standard InChI is InChI=1S/C60H80Cl2N14O5/c1-73(28-5-21-70-60-49-7-2-3-8-51(49)71-54(72-60)42-74-29-31-75(32-30-74)57(43-9-13-45(61)14-10-43)44-11-15-46(62)16-12-44)27-4-6-47(64)41-76(65)33-35-80-37-39-81-38-36-79-34-26-66-24-25-69-53-18-17-52(68-23-20-63)56-55(53)58(77)48-19-22-67-40-50(48)59(56)78/h2-3,7-19,22,40-41,54,57,66,68-69,71H,4-6,20-21,23-39,42,63-65H2,1H3,(H,70,72)/b47-41-. The molecule has 0 saturated carbocycles. The van der Waals surface area contributed by atoms with E-state index in [1.165, 1.54) is 23.5 Å². The molecule has 1 fully saturated rings. The van der Waals surface area contributed by atoms with Crippen LogP contribution >= 0.6 is 23.2 Å². The Morgan fingerprint density at radius 2 is 1.37 bits per heavy atom. The maximum absolute atomic E-state index is 13.5. The number of anilines is 3. The second kappa shape index (κ2) is 31.9. The van der Waals surface area contributed by atoms with Gasteiger partial charge in [0.15, 0.2) is 11.6 Å². The maximum atomic E-state index is 13.5. The molecule has 3 heterocycles. The number of halogens is 2. The first-order valence-corrected chi connectivity index (χ1v) is 28.9. The predicted octanol–water partition coefficient (Wildman–Crippen LogP) is 5.86. The molecule has 21 heteroatoms. The molecular formula is C60H80Cl2N14O5. The van der Waals surface area contributed by atoms with Crippen molar-refractivity contribution in [2.24, 2.45) is 22.3 Å². The van der Waals surface area contributed by atoms with Gasteiger partial charge in [-0.1, -0.05) is 59.6 Å². The smallest absolute Gasteiger partial charge is 0.198 e. The number of aromatic nitrogens is 1. The fourth-order valence-corrected chi connectivity index (χ4v) is 10.5. The lowest BCUT2D eigenvalue weighted by Crippen LogP contribution is -2.55. The molecule has 0 spiro atoms. The van der Waals surface area contributed by atoms with Crippen LogP contribution in [0.2, 0.25) is 10.0 Å². The highest BCUT2D eigenvalue weighted by Crippen LogP contribution is 2.37. The van der Waals surface area contributed by atoms with Crippen LogP contribution < -0.4 is 43.9 Å². The van der Waals surface area contributed by atoms with Crippen LogP contribution in [0.1, 0.15) is 73.8 Å². The highest BCUT2D eigenvalue weighted by Gasteiger charge is 2.34. The summed E-state index contributed by atoms with van der Waals surface area (Å²) in [6.07, 6.45) is 7.39. The Hall–Kier alpha value is -6.20. The molecule has 434 valence electrons. The van der Waals surface area contributed by atoms with Gasteiger partial charge in [-0.15, -0.1) is 0 Å². The Bertz CT molecular complexity index is 2810. The largest absolute Gasteiger partial charge is 0.401 e. The number of nitrogens with one attached hydrogen (secondary N) is 5. The number of nitrogens with two attached hydrogens (primary N) is 3. The number of hydrogen-bond acceptors (Lipinski definition) is 18. The second-order valence-electron chi connectivity index (χ2n) is 20.4. The highest BCUT2D eigenvalue weighted by atomic mass is 35.5. The zero-order valence-corrected chi connectivity index (χ0v) is 48.0. The van der Waals surface area contributed by atoms with Gasteiger partial charge in [0.05, 0.1) is 68.9 Å². The monoisotopic (exact) mass is 1150 g/mol. The van der Waals surface area contributed by atoms with Gasteiger partial charge in [0, 0.05) is 135 Å². The zero-order valence-electron chi connectivity index (χ0n) is 46.5. The molecule has 1 aromatic heterocycles. The van der Waals surface area contributed by atoms with E-state index in [9.17, 15) is 9.59 Å². The summed E-state index contributed by atoms with van der Waals surface area (Å²) in [6.45, 7) is 13.1. The summed E-state index contributed by atoms with van der Waals surface area (Å²) in [4.78, 5) is 43.6. The quantitative estimate of drug-likeness (QED) is 0.0137. The number of hydrogen-bond donors (Lipinski definition) is 8. The van der Waals surface area contributed by atoms with E-state index >= 15 is 0 Å². The van der Waals surface area contributed by atoms with Gasteiger partial charge in [0.1, 0.15) is 12.0 Å². The van der Waals surface area contributed by atoms with Crippen molar-refractivity contribution < 1.29 is 23.8 Å². The van der Waals surface area contributed by atoms with Gasteiger partial charge in [-0.05, 0) is 105 Å². The van der Waals surface area contributed by atoms with Gasteiger partial charge in [-0.3, -0.25) is 29.4 Å². The molecule has 1 saturated heterocycles. The van der Waals surface area contributed by atoms with Crippen molar-refractivity contribution in [2.75, 3.05) is 154 Å². The molecule has 3 aliphatic rings. The third-order valence-corrected chi connectivity index (χ3v) is 14.9. The van der Waals surface area contributed by atoms with Crippen LogP contribution in [0, 0.1) is 0 Å². The predicted molar refractivity (Wildman–Crippen MR) is 325 cm³/mol. The number of para-hydroxylation sites is 1. The summed E-state index contributed by atoms with van der Waals surface area (Å²) in [5.74, 6) is 6.70. The van der Waals surface area contributed by atoms with Gasteiger partial charge < -0.3 is 62.2 Å². The van der Waals surface area contributed by atoms with Crippen LogP contribution in [0.15, 0.2) is 120 Å². The normalized spacial score (nSPS) is 16.1. The molecule has 19 nitrogen and oxygen atoms in total. The van der Waals surface area contributed by atoms with Gasteiger partial charge in [0.25, 0.3) is 0 Å². The number of ketones is 2. The molecule has 11 N–H and O–H groups in total. The van der Waals surface area contributed by atoms with Crippen molar-refractivity contribution in [1.82, 2.24) is 35.3 Å². The Kier molecular flexibility index (Phi) is 23.9. The molecule has 1 atom stereocenters. The van der Waals surface area contributed by atoms with Crippen LogP contribution in [0.25, 0.3) is 0 Å². The van der Waals surface area contributed by atoms with Crippen molar-refractivity contribution in [2.45, 2.75) is 31.5 Å². The van der Waals surface area contributed by atoms with Crippen LogP contribution in [0.4, 0.5) is 17.1 Å². The first-order valence-electron chi connectivity index (χ1n) is 28.2. The third-order valence-electron chi connectivity index (χ3n) is 14.4. The van der Waals surface area contributed by atoms with E-state index in [-0.39, 0.29) is 23.8 Å². The Morgan fingerprint density at radius 1 is 0.741 bits per heavy atom. The van der Waals surface area contributed by atoms with E-state index in [4.69, 9.17) is 59.7 Å². The minimum absolute atomic E-state index is 0.0347. The minimum Gasteiger partial charge on any atom is -0.401 e. The second-order valence-corrected chi connectivity index (χ2v) is 21.3. The Labute approximate surface area is 486 Å². The first kappa shape index (κ1) is 60.9. The number of carbonyl (C=O) groups excluding carboxylic acids is 2. The first-order chi connectivity index (χ1) is 39.6. The topological polar surface area (TPSA) is 238 Å². The number of carbonyl (C=O) groups is 2. The number of amidine groups is 1. The molecule has 0 bridgehead atoms. The van der Waals surface area contributed by atoms with E-state index in [0.717, 1.165) is 104 Å². The van der Waals surface area contributed by atoms with Gasteiger partial charge in [-0.25, -0.2) is 5.84 Å². The lowest BCUT2D eigenvalue weighted by atomic mass is 9.83.